The van der Waals surface area contributed by atoms with Crippen molar-refractivity contribution in [2.24, 2.45) is 5.92 Å². The van der Waals surface area contributed by atoms with Gasteiger partial charge >= 0.3 is 0 Å². The van der Waals surface area contributed by atoms with E-state index in [-0.39, 0.29) is 23.2 Å². The molecule has 6 heteroatoms. The van der Waals surface area contributed by atoms with Crippen molar-refractivity contribution in [1.82, 2.24) is 4.31 Å². The fourth-order valence-corrected chi connectivity index (χ4v) is 4.97. The van der Waals surface area contributed by atoms with Gasteiger partial charge in [-0.25, -0.2) is 8.42 Å². The summed E-state index contributed by atoms with van der Waals surface area (Å²) in [5, 5.41) is 9.69. The number of hydrogen-bond donors (Lipinski definition) is 1. The Morgan fingerprint density at radius 3 is 2.33 bits per heavy atom. The second-order valence-electron chi connectivity index (χ2n) is 6.66. The summed E-state index contributed by atoms with van der Waals surface area (Å²) in [6, 6.07) is 6.84. The molecule has 0 aromatic heterocycles. The van der Waals surface area contributed by atoms with E-state index in [0.717, 1.165) is 16.7 Å². The minimum atomic E-state index is -3.56. The molecule has 0 amide bonds. The van der Waals surface area contributed by atoms with Crippen LogP contribution in [0.15, 0.2) is 40.3 Å². The summed E-state index contributed by atoms with van der Waals surface area (Å²) < 4.78 is 27.2. The summed E-state index contributed by atoms with van der Waals surface area (Å²) in [6.45, 7) is 2.48. The molecule has 0 bridgehead atoms. The minimum absolute atomic E-state index is 0.0628. The van der Waals surface area contributed by atoms with Gasteiger partial charge in [-0.05, 0) is 37.5 Å². The van der Waals surface area contributed by atoms with E-state index in [9.17, 15) is 18.3 Å². The van der Waals surface area contributed by atoms with Crippen molar-refractivity contribution in [3.63, 3.8) is 0 Å². The number of rotatable bonds is 3. The Balaban J connectivity index is 1.87. The molecule has 1 heterocycles. The molecule has 3 rings (SSSR count). The normalized spacial score (nSPS) is 23.1. The Morgan fingerprint density at radius 1 is 1.12 bits per heavy atom. The van der Waals surface area contributed by atoms with E-state index in [1.165, 1.54) is 4.31 Å². The molecule has 1 saturated carbocycles. The zero-order valence-corrected chi connectivity index (χ0v) is 14.7. The molecule has 1 aliphatic carbocycles. The average Bonchev–Trinajstić information content (AvgIpc) is 3.01. The number of aliphatic hydroxyl groups is 1. The quantitative estimate of drug-likeness (QED) is 0.848. The summed E-state index contributed by atoms with van der Waals surface area (Å²) in [5.41, 5.74) is 3.19. The molecule has 1 N–H and O–H groups in total. The lowest BCUT2D eigenvalue weighted by atomic mass is 9.87. The number of carbonyl (C=O) groups is 1. The van der Waals surface area contributed by atoms with Crippen molar-refractivity contribution in [2.45, 2.75) is 37.5 Å². The topological polar surface area (TPSA) is 74.7 Å². The van der Waals surface area contributed by atoms with E-state index >= 15 is 0 Å². The van der Waals surface area contributed by atoms with Crippen LogP contribution in [0.4, 0.5) is 0 Å². The van der Waals surface area contributed by atoms with Gasteiger partial charge in [-0.1, -0.05) is 23.3 Å². The van der Waals surface area contributed by atoms with E-state index in [2.05, 4.69) is 0 Å². The number of hydrogen-bond acceptors (Lipinski definition) is 4. The Kier molecular flexibility index (Phi) is 4.90. The first-order chi connectivity index (χ1) is 11.4. The lowest BCUT2D eigenvalue weighted by Gasteiger charge is -2.19. The maximum atomic E-state index is 12.9. The first kappa shape index (κ1) is 17.3. The van der Waals surface area contributed by atoms with Gasteiger partial charge in [0.2, 0.25) is 10.0 Å². The van der Waals surface area contributed by atoms with Crippen molar-refractivity contribution >= 4 is 15.8 Å². The summed E-state index contributed by atoms with van der Waals surface area (Å²) in [7, 11) is -3.56. The maximum absolute atomic E-state index is 12.9. The lowest BCUT2D eigenvalue weighted by Crippen LogP contribution is -2.29. The number of Topliss-reactive ketones (excluding diaryl/α,β-unsaturated/α-hetero) is 1. The number of benzene rings is 1. The molecule has 0 radical (unpaired) electrons. The number of sulfonamides is 1. The van der Waals surface area contributed by atoms with Gasteiger partial charge < -0.3 is 5.11 Å². The van der Waals surface area contributed by atoms with Gasteiger partial charge in [-0.2, -0.15) is 4.31 Å². The van der Waals surface area contributed by atoms with Gasteiger partial charge in [0.1, 0.15) is 5.78 Å². The minimum Gasteiger partial charge on any atom is -0.396 e. The van der Waals surface area contributed by atoms with Crippen molar-refractivity contribution in [1.29, 1.82) is 0 Å². The number of ketones is 1. The van der Waals surface area contributed by atoms with Gasteiger partial charge in [0, 0.05) is 31.8 Å². The maximum Gasteiger partial charge on any atom is 0.243 e. The molecule has 1 saturated heterocycles. The van der Waals surface area contributed by atoms with Crippen molar-refractivity contribution in [2.75, 3.05) is 19.7 Å². The van der Waals surface area contributed by atoms with Gasteiger partial charge in [0.25, 0.3) is 0 Å². The fraction of sp³-hybridized carbons (Fsp3) is 0.500. The van der Waals surface area contributed by atoms with Crippen LogP contribution in [0.2, 0.25) is 0 Å². The summed E-state index contributed by atoms with van der Waals surface area (Å²) in [4.78, 5) is 11.7. The molecule has 1 aromatic carbocycles. The third-order valence-corrected chi connectivity index (χ3v) is 6.83. The van der Waals surface area contributed by atoms with Crippen LogP contribution in [-0.4, -0.2) is 43.3 Å². The number of carbonyl (C=O) groups excluding carboxylic acids is 1. The number of nitrogens with zero attached hydrogens (tertiary/aromatic N) is 1. The molecule has 5 nitrogen and oxygen atoms in total. The first-order valence-corrected chi connectivity index (χ1v) is 9.76. The molecule has 1 atom stereocenters. The smallest absolute Gasteiger partial charge is 0.243 e. The molecule has 130 valence electrons. The van der Waals surface area contributed by atoms with Crippen LogP contribution in [0.5, 0.6) is 0 Å². The highest BCUT2D eigenvalue weighted by atomic mass is 32.2. The Morgan fingerprint density at radius 2 is 1.75 bits per heavy atom. The first-order valence-electron chi connectivity index (χ1n) is 8.32. The second-order valence-corrected chi connectivity index (χ2v) is 8.60. The Bertz CT molecular complexity index is 753. The van der Waals surface area contributed by atoms with Crippen molar-refractivity contribution < 1.29 is 18.3 Å². The van der Waals surface area contributed by atoms with Crippen LogP contribution in [0, 0.1) is 12.8 Å². The Labute approximate surface area is 143 Å². The summed E-state index contributed by atoms with van der Waals surface area (Å²) in [6.07, 6.45) is 2.45. The van der Waals surface area contributed by atoms with Crippen LogP contribution >= 0.6 is 0 Å². The van der Waals surface area contributed by atoms with Gasteiger partial charge in [-0.15, -0.1) is 0 Å². The number of allylic oxidation sites excluding steroid dienone is 1. The SMILES string of the molecule is Cc1ccc(S(=O)(=O)N2CC(=C3CCC(=O)CC3)C(CO)C2)cc1. The molecule has 1 aliphatic heterocycles. The van der Waals surface area contributed by atoms with Crippen LogP contribution in [0.25, 0.3) is 0 Å². The van der Waals surface area contributed by atoms with E-state index < -0.39 is 10.0 Å². The molecule has 0 spiro atoms. The molecule has 2 aliphatic rings. The van der Waals surface area contributed by atoms with Gasteiger partial charge in [-0.3, -0.25) is 4.79 Å². The van der Waals surface area contributed by atoms with Crippen LogP contribution in [0.3, 0.4) is 0 Å². The monoisotopic (exact) mass is 349 g/mol. The Hall–Kier alpha value is -1.50. The van der Waals surface area contributed by atoms with Crippen LogP contribution in [-0.2, 0) is 14.8 Å². The summed E-state index contributed by atoms with van der Waals surface area (Å²) >= 11 is 0. The third kappa shape index (κ3) is 3.31. The highest BCUT2D eigenvalue weighted by molar-refractivity contribution is 7.89. The van der Waals surface area contributed by atoms with Gasteiger partial charge in [0.05, 0.1) is 11.5 Å². The molecule has 1 unspecified atom stereocenters. The largest absolute Gasteiger partial charge is 0.396 e. The average molecular weight is 349 g/mol. The van der Waals surface area contributed by atoms with Gasteiger partial charge in [0.15, 0.2) is 0 Å². The molecular formula is C18H23NO4S. The van der Waals surface area contributed by atoms with E-state index in [4.69, 9.17) is 0 Å². The van der Waals surface area contributed by atoms with E-state index in [0.29, 0.717) is 38.8 Å². The standard InChI is InChI=1S/C18H23NO4S/c1-13-2-8-17(9-3-13)24(22,23)19-10-15(12-20)18(11-19)14-4-6-16(21)7-5-14/h2-3,8-9,15,20H,4-7,10-12H2,1H3. The molecule has 24 heavy (non-hydrogen) atoms. The predicted molar refractivity (Wildman–Crippen MR) is 91.0 cm³/mol. The zero-order chi connectivity index (χ0) is 17.3. The fourth-order valence-electron chi connectivity index (χ4n) is 3.50. The highest BCUT2D eigenvalue weighted by Gasteiger charge is 2.37. The van der Waals surface area contributed by atoms with Crippen molar-refractivity contribution in [3.8, 4) is 0 Å². The molecular weight excluding hydrogens is 326 g/mol. The van der Waals surface area contributed by atoms with E-state index in [1.54, 1.807) is 24.3 Å². The van der Waals surface area contributed by atoms with Crippen LogP contribution in [0.1, 0.15) is 31.2 Å². The third-order valence-electron chi connectivity index (χ3n) is 5.01. The summed E-state index contributed by atoms with van der Waals surface area (Å²) in [5.74, 6) is 0.107. The number of aryl methyl sites for hydroxylation is 1. The highest BCUT2D eigenvalue weighted by Crippen LogP contribution is 2.34. The molecule has 1 aromatic rings. The lowest BCUT2D eigenvalue weighted by molar-refractivity contribution is -0.119. The van der Waals surface area contributed by atoms with Crippen molar-refractivity contribution in [3.05, 3.63) is 41.0 Å². The van der Waals surface area contributed by atoms with Crippen LogP contribution < -0.4 is 0 Å². The predicted octanol–water partition coefficient (Wildman–Crippen LogP) is 2.05. The second kappa shape index (κ2) is 6.78. The van der Waals surface area contributed by atoms with E-state index in [1.807, 2.05) is 6.92 Å². The zero-order valence-electron chi connectivity index (χ0n) is 13.9. The number of aliphatic hydroxyl groups excluding tert-OH is 1. The molecule has 2 fully saturated rings.